The van der Waals surface area contributed by atoms with Gasteiger partial charge in [0.05, 0.1) is 11.6 Å². The van der Waals surface area contributed by atoms with E-state index < -0.39 is 41.0 Å². The highest BCUT2D eigenvalue weighted by atomic mass is 19.4. The van der Waals surface area contributed by atoms with Crippen molar-refractivity contribution in [1.29, 1.82) is 0 Å². The molecule has 30 heavy (non-hydrogen) atoms. The molecule has 3 rings (SSSR count). The largest absolute Gasteiger partial charge is 0.573 e. The number of ketones is 1. The fourth-order valence-corrected chi connectivity index (χ4v) is 3.17. The lowest BCUT2D eigenvalue weighted by molar-refractivity contribution is -0.274. The smallest absolute Gasteiger partial charge is 0.503 e. The number of halogens is 3. The Bertz CT molecular complexity index is 994. The molecular formula is C21H19F3N2O4. The number of pyridine rings is 1. The van der Waals surface area contributed by atoms with Crippen LogP contribution in [0.4, 0.5) is 18.9 Å². The number of aliphatic hydroxyl groups excluding tert-OH is 1. The minimum absolute atomic E-state index is 0.0869. The Morgan fingerprint density at radius 1 is 1.13 bits per heavy atom. The molecule has 0 aliphatic carbocycles. The van der Waals surface area contributed by atoms with Crippen LogP contribution < -0.4 is 9.64 Å². The summed E-state index contributed by atoms with van der Waals surface area (Å²) < 4.78 is 41.1. The zero-order valence-electron chi connectivity index (χ0n) is 16.4. The third-order valence-corrected chi connectivity index (χ3v) is 4.48. The van der Waals surface area contributed by atoms with Gasteiger partial charge in [0.1, 0.15) is 5.75 Å². The van der Waals surface area contributed by atoms with E-state index in [2.05, 4.69) is 9.72 Å². The minimum Gasteiger partial charge on any atom is -0.503 e. The molecule has 1 unspecified atom stereocenters. The number of aromatic nitrogens is 1. The van der Waals surface area contributed by atoms with Crippen LogP contribution in [0.25, 0.3) is 0 Å². The van der Waals surface area contributed by atoms with E-state index in [1.54, 1.807) is 32.9 Å². The maximum absolute atomic E-state index is 13.0. The van der Waals surface area contributed by atoms with Crippen molar-refractivity contribution in [2.24, 2.45) is 5.41 Å². The molecule has 0 bridgehead atoms. The Balaban J connectivity index is 2.08. The molecule has 0 radical (unpaired) electrons. The van der Waals surface area contributed by atoms with Gasteiger partial charge in [-0.15, -0.1) is 13.2 Å². The lowest BCUT2D eigenvalue weighted by atomic mass is 9.82. The number of hydrogen-bond donors (Lipinski definition) is 1. The van der Waals surface area contributed by atoms with Crippen molar-refractivity contribution in [3.05, 3.63) is 65.7 Å². The van der Waals surface area contributed by atoms with Gasteiger partial charge in [-0.25, -0.2) is 0 Å². The standard InChI is InChI=1S/C21H19F3N2O4/c1-20(2,3)18(28)15-16(12-5-4-10-25-11-12)26(19(29)17(15)27)13-6-8-14(9-7-13)30-21(22,23)24/h4-11,16,27H,1-3H3. The molecule has 1 N–H and O–H groups in total. The van der Waals surface area contributed by atoms with Gasteiger partial charge in [0.25, 0.3) is 5.91 Å². The van der Waals surface area contributed by atoms with Crippen molar-refractivity contribution < 1.29 is 32.6 Å². The summed E-state index contributed by atoms with van der Waals surface area (Å²) in [5.41, 5.74) is -0.314. The molecule has 9 heteroatoms. The van der Waals surface area contributed by atoms with Gasteiger partial charge in [0, 0.05) is 23.5 Å². The van der Waals surface area contributed by atoms with Crippen molar-refractivity contribution in [3.63, 3.8) is 0 Å². The van der Waals surface area contributed by atoms with E-state index in [1.807, 2.05) is 0 Å². The lowest BCUT2D eigenvalue weighted by Crippen LogP contribution is -2.32. The lowest BCUT2D eigenvalue weighted by Gasteiger charge is -2.28. The van der Waals surface area contributed by atoms with E-state index in [1.165, 1.54) is 24.5 Å². The molecule has 1 aromatic heterocycles. The average molecular weight is 420 g/mol. The Morgan fingerprint density at radius 2 is 1.77 bits per heavy atom. The van der Waals surface area contributed by atoms with E-state index in [-0.39, 0.29) is 11.3 Å². The van der Waals surface area contributed by atoms with E-state index in [4.69, 9.17) is 0 Å². The van der Waals surface area contributed by atoms with Gasteiger partial charge in [-0.05, 0) is 35.9 Å². The van der Waals surface area contributed by atoms with Crippen LogP contribution in [0, 0.1) is 5.41 Å². The van der Waals surface area contributed by atoms with Gasteiger partial charge in [-0.2, -0.15) is 0 Å². The number of rotatable bonds is 4. The predicted molar refractivity (Wildman–Crippen MR) is 102 cm³/mol. The van der Waals surface area contributed by atoms with Crippen LogP contribution in [0.1, 0.15) is 32.4 Å². The molecule has 1 atom stereocenters. The van der Waals surface area contributed by atoms with E-state index in [0.29, 0.717) is 5.56 Å². The number of carbonyl (C=O) groups excluding carboxylic acids is 2. The highest BCUT2D eigenvalue weighted by molar-refractivity contribution is 6.17. The fourth-order valence-electron chi connectivity index (χ4n) is 3.17. The van der Waals surface area contributed by atoms with Crippen LogP contribution in [-0.2, 0) is 9.59 Å². The second kappa shape index (κ2) is 7.47. The normalized spacial score (nSPS) is 17.5. The van der Waals surface area contributed by atoms with Crippen molar-refractivity contribution in [2.75, 3.05) is 4.90 Å². The number of hydrogen-bond acceptors (Lipinski definition) is 5. The van der Waals surface area contributed by atoms with E-state index in [9.17, 15) is 27.9 Å². The summed E-state index contributed by atoms with van der Waals surface area (Å²) in [6.07, 6.45) is -1.88. The molecule has 2 heterocycles. The van der Waals surface area contributed by atoms with Crippen LogP contribution >= 0.6 is 0 Å². The van der Waals surface area contributed by atoms with E-state index in [0.717, 1.165) is 17.0 Å². The number of nitrogens with zero attached hydrogens (tertiary/aromatic N) is 2. The topological polar surface area (TPSA) is 79.7 Å². The maximum Gasteiger partial charge on any atom is 0.573 e. The number of amides is 1. The van der Waals surface area contributed by atoms with Crippen LogP contribution in [0.5, 0.6) is 5.75 Å². The Kier molecular flexibility index (Phi) is 5.32. The average Bonchev–Trinajstić information content (AvgIpc) is 2.92. The van der Waals surface area contributed by atoms with Crippen molar-refractivity contribution >= 4 is 17.4 Å². The molecule has 6 nitrogen and oxygen atoms in total. The molecule has 0 saturated heterocycles. The molecule has 1 amide bonds. The molecule has 1 aromatic carbocycles. The molecule has 1 aliphatic heterocycles. The van der Waals surface area contributed by atoms with Crippen molar-refractivity contribution in [1.82, 2.24) is 4.98 Å². The van der Waals surface area contributed by atoms with Crippen LogP contribution in [-0.4, -0.2) is 28.1 Å². The third-order valence-electron chi connectivity index (χ3n) is 4.48. The highest BCUT2D eigenvalue weighted by Gasteiger charge is 2.46. The van der Waals surface area contributed by atoms with Crippen LogP contribution in [0.3, 0.4) is 0 Å². The Morgan fingerprint density at radius 3 is 2.27 bits per heavy atom. The first-order chi connectivity index (χ1) is 13.9. The minimum atomic E-state index is -4.85. The zero-order chi connectivity index (χ0) is 22.3. The zero-order valence-corrected chi connectivity index (χ0v) is 16.4. The molecule has 1 aliphatic rings. The number of benzene rings is 1. The summed E-state index contributed by atoms with van der Waals surface area (Å²) in [6, 6.07) is 6.89. The van der Waals surface area contributed by atoms with E-state index >= 15 is 0 Å². The molecule has 0 fully saturated rings. The summed E-state index contributed by atoms with van der Waals surface area (Å²) >= 11 is 0. The monoisotopic (exact) mass is 420 g/mol. The number of Topliss-reactive ketones (excluding diaryl/α,β-unsaturated/α-hetero) is 1. The molecule has 0 saturated carbocycles. The molecule has 0 spiro atoms. The summed E-state index contributed by atoms with van der Waals surface area (Å²) in [5.74, 6) is -2.42. The van der Waals surface area contributed by atoms with Gasteiger partial charge in [-0.3, -0.25) is 19.5 Å². The first-order valence-electron chi connectivity index (χ1n) is 8.97. The summed E-state index contributed by atoms with van der Waals surface area (Å²) in [7, 11) is 0. The van der Waals surface area contributed by atoms with Crippen LogP contribution in [0.2, 0.25) is 0 Å². The summed E-state index contributed by atoms with van der Waals surface area (Å²) in [6.45, 7) is 4.98. The number of aliphatic hydroxyl groups is 1. The van der Waals surface area contributed by atoms with Gasteiger partial charge in [0.15, 0.2) is 11.5 Å². The Labute approximate surface area is 170 Å². The summed E-state index contributed by atoms with van der Waals surface area (Å²) in [4.78, 5) is 31.1. The second-order valence-corrected chi connectivity index (χ2v) is 7.75. The quantitative estimate of drug-likeness (QED) is 0.788. The first kappa shape index (κ1) is 21.4. The van der Waals surface area contributed by atoms with Gasteiger partial charge >= 0.3 is 6.36 Å². The number of alkyl halides is 3. The highest BCUT2D eigenvalue weighted by Crippen LogP contribution is 2.43. The first-order valence-corrected chi connectivity index (χ1v) is 8.97. The van der Waals surface area contributed by atoms with Crippen LogP contribution in [0.15, 0.2) is 60.1 Å². The predicted octanol–water partition coefficient (Wildman–Crippen LogP) is 4.50. The Hall–Kier alpha value is -3.36. The van der Waals surface area contributed by atoms with Crippen molar-refractivity contribution in [2.45, 2.75) is 33.2 Å². The number of anilines is 1. The van der Waals surface area contributed by atoms with Gasteiger partial charge in [-0.1, -0.05) is 26.8 Å². The van der Waals surface area contributed by atoms with Gasteiger partial charge in [0.2, 0.25) is 0 Å². The number of ether oxygens (including phenoxy) is 1. The fraction of sp³-hybridized carbons (Fsp3) is 0.286. The molecule has 2 aromatic rings. The second-order valence-electron chi connectivity index (χ2n) is 7.75. The van der Waals surface area contributed by atoms with Crippen molar-refractivity contribution in [3.8, 4) is 5.75 Å². The van der Waals surface area contributed by atoms with Gasteiger partial charge < -0.3 is 9.84 Å². The molecule has 158 valence electrons. The SMILES string of the molecule is CC(C)(C)C(=O)C1=C(O)C(=O)N(c2ccc(OC(F)(F)F)cc2)C1c1cccnc1. The number of carbonyl (C=O) groups is 2. The molecular weight excluding hydrogens is 401 g/mol. The third kappa shape index (κ3) is 4.14. The maximum atomic E-state index is 13.0. The summed E-state index contributed by atoms with van der Waals surface area (Å²) in [5, 5.41) is 10.5.